The molecule has 1 fully saturated rings. The van der Waals surface area contributed by atoms with Gasteiger partial charge in [-0.2, -0.15) is 8.42 Å². The minimum Gasteiger partial charge on any atom is -0.444 e. The van der Waals surface area contributed by atoms with Gasteiger partial charge in [-0.05, 0) is 32.8 Å². The molecular formula is C16H22FNO4S. The molecule has 1 atom stereocenters. The number of rotatable bonds is 3. The maximum atomic E-state index is 13.4. The third-order valence-corrected chi connectivity index (χ3v) is 4.74. The molecule has 7 heteroatoms. The average molecular weight is 343 g/mol. The van der Waals surface area contributed by atoms with Crippen molar-refractivity contribution in [1.29, 1.82) is 0 Å². The van der Waals surface area contributed by atoms with Crippen LogP contribution in [0.15, 0.2) is 30.3 Å². The van der Waals surface area contributed by atoms with E-state index in [1.54, 1.807) is 45.0 Å². The molecule has 1 heterocycles. The second-order valence-electron chi connectivity index (χ2n) is 6.98. The number of hydrogen-bond acceptors (Lipinski definition) is 4. The Labute approximate surface area is 136 Å². The first-order valence-corrected chi connectivity index (χ1v) is 9.02. The lowest BCUT2D eigenvalue weighted by Gasteiger charge is -2.29. The van der Waals surface area contributed by atoms with E-state index in [4.69, 9.17) is 4.74 Å². The number of amides is 1. The van der Waals surface area contributed by atoms with Crippen LogP contribution in [0.1, 0.15) is 32.8 Å². The summed E-state index contributed by atoms with van der Waals surface area (Å²) in [6, 6.07) is 8.89. The molecule has 1 saturated heterocycles. The van der Waals surface area contributed by atoms with Crippen LogP contribution in [-0.2, 0) is 20.4 Å². The van der Waals surface area contributed by atoms with E-state index in [0.29, 0.717) is 18.5 Å². The molecule has 1 aliphatic rings. The van der Waals surface area contributed by atoms with Crippen LogP contribution in [0.2, 0.25) is 0 Å². The summed E-state index contributed by atoms with van der Waals surface area (Å²) in [5.74, 6) is -0.636. The molecule has 1 aromatic carbocycles. The van der Waals surface area contributed by atoms with Crippen LogP contribution in [0.3, 0.4) is 0 Å². The van der Waals surface area contributed by atoms with Crippen molar-refractivity contribution in [2.75, 3.05) is 18.8 Å². The summed E-state index contributed by atoms with van der Waals surface area (Å²) >= 11 is 0. The van der Waals surface area contributed by atoms with Gasteiger partial charge in [-0.1, -0.05) is 30.3 Å². The SMILES string of the molecule is CC(C)(C)OC(=O)N1CCC(CS(=O)(=O)F)(c2ccccc2)C1. The summed E-state index contributed by atoms with van der Waals surface area (Å²) in [5.41, 5.74) is -0.861. The lowest BCUT2D eigenvalue weighted by Crippen LogP contribution is -2.40. The fraction of sp³-hybridized carbons (Fsp3) is 0.562. The quantitative estimate of drug-likeness (QED) is 0.792. The molecule has 0 bridgehead atoms. The maximum absolute atomic E-state index is 13.4. The molecular weight excluding hydrogens is 321 g/mol. The first-order chi connectivity index (χ1) is 10.5. The molecule has 5 nitrogen and oxygen atoms in total. The third kappa shape index (κ3) is 4.67. The Hall–Kier alpha value is -1.63. The Morgan fingerprint density at radius 3 is 2.43 bits per heavy atom. The van der Waals surface area contributed by atoms with Crippen molar-refractivity contribution in [1.82, 2.24) is 4.90 Å². The Balaban J connectivity index is 2.27. The van der Waals surface area contributed by atoms with Gasteiger partial charge in [0.15, 0.2) is 0 Å². The standard InChI is InChI=1S/C16H22FNO4S/c1-15(2,3)22-14(19)18-10-9-16(11-18,12-23(17,20)21)13-7-5-4-6-8-13/h4-8H,9-12H2,1-3H3. The maximum Gasteiger partial charge on any atom is 0.410 e. The topological polar surface area (TPSA) is 63.7 Å². The smallest absolute Gasteiger partial charge is 0.410 e. The van der Waals surface area contributed by atoms with Crippen molar-refractivity contribution >= 4 is 16.3 Å². The zero-order valence-electron chi connectivity index (χ0n) is 13.6. The second kappa shape index (κ2) is 6.11. The highest BCUT2D eigenvalue weighted by atomic mass is 32.3. The number of carbonyl (C=O) groups is 1. The lowest BCUT2D eigenvalue weighted by atomic mass is 9.81. The Kier molecular flexibility index (Phi) is 4.71. The van der Waals surface area contributed by atoms with Crippen molar-refractivity contribution in [3.63, 3.8) is 0 Å². The Bertz CT molecular complexity index is 669. The molecule has 0 N–H and O–H groups in total. The fourth-order valence-electron chi connectivity index (χ4n) is 2.91. The molecule has 1 unspecified atom stereocenters. The van der Waals surface area contributed by atoms with Crippen LogP contribution >= 0.6 is 0 Å². The van der Waals surface area contributed by atoms with E-state index >= 15 is 0 Å². The minimum atomic E-state index is -4.68. The van der Waals surface area contributed by atoms with Crippen molar-refractivity contribution in [2.24, 2.45) is 0 Å². The van der Waals surface area contributed by atoms with Gasteiger partial charge in [-0.3, -0.25) is 0 Å². The molecule has 2 rings (SSSR count). The van der Waals surface area contributed by atoms with Gasteiger partial charge in [0.2, 0.25) is 0 Å². The average Bonchev–Trinajstić information content (AvgIpc) is 2.81. The van der Waals surface area contributed by atoms with E-state index in [0.717, 1.165) is 0 Å². The van der Waals surface area contributed by atoms with Gasteiger partial charge in [0.1, 0.15) is 5.60 Å². The first kappa shape index (κ1) is 17.7. The molecule has 0 aliphatic carbocycles. The zero-order valence-corrected chi connectivity index (χ0v) is 14.4. The van der Waals surface area contributed by atoms with Gasteiger partial charge in [-0.25, -0.2) is 4.79 Å². The van der Waals surface area contributed by atoms with Crippen molar-refractivity contribution in [3.05, 3.63) is 35.9 Å². The normalized spacial score (nSPS) is 22.2. The van der Waals surface area contributed by atoms with E-state index < -0.39 is 33.1 Å². The number of ether oxygens (including phenoxy) is 1. The van der Waals surface area contributed by atoms with E-state index in [-0.39, 0.29) is 6.54 Å². The zero-order chi connectivity index (χ0) is 17.3. The van der Waals surface area contributed by atoms with Crippen LogP contribution in [-0.4, -0.2) is 43.9 Å². The largest absolute Gasteiger partial charge is 0.444 e. The van der Waals surface area contributed by atoms with Crippen LogP contribution in [0.4, 0.5) is 8.68 Å². The Morgan fingerprint density at radius 2 is 1.91 bits per heavy atom. The van der Waals surface area contributed by atoms with Gasteiger partial charge in [0.25, 0.3) is 0 Å². The summed E-state index contributed by atoms with van der Waals surface area (Å²) in [5, 5.41) is 0. The molecule has 1 aromatic rings. The number of carbonyl (C=O) groups excluding carboxylic acids is 1. The van der Waals surface area contributed by atoms with Gasteiger partial charge < -0.3 is 9.64 Å². The number of likely N-dealkylation sites (tertiary alicyclic amines) is 1. The second-order valence-corrected chi connectivity index (χ2v) is 8.35. The number of benzene rings is 1. The van der Waals surface area contributed by atoms with Crippen molar-refractivity contribution < 1.29 is 21.8 Å². The van der Waals surface area contributed by atoms with Crippen molar-refractivity contribution in [3.8, 4) is 0 Å². The lowest BCUT2D eigenvalue weighted by molar-refractivity contribution is 0.0285. The minimum absolute atomic E-state index is 0.120. The monoisotopic (exact) mass is 343 g/mol. The molecule has 0 saturated carbocycles. The number of hydrogen-bond donors (Lipinski definition) is 0. The molecule has 1 amide bonds. The molecule has 0 radical (unpaired) electrons. The van der Waals surface area contributed by atoms with Crippen LogP contribution < -0.4 is 0 Å². The molecule has 0 spiro atoms. The summed E-state index contributed by atoms with van der Waals surface area (Å²) in [7, 11) is -4.68. The Morgan fingerprint density at radius 1 is 1.30 bits per heavy atom. The predicted octanol–water partition coefficient (Wildman–Crippen LogP) is 2.86. The summed E-state index contributed by atoms with van der Waals surface area (Å²) in [6.07, 6.45) is -0.133. The van der Waals surface area contributed by atoms with Crippen LogP contribution in [0, 0.1) is 0 Å². The van der Waals surface area contributed by atoms with E-state index in [1.807, 2.05) is 6.07 Å². The predicted molar refractivity (Wildman–Crippen MR) is 85.4 cm³/mol. The molecule has 128 valence electrons. The highest BCUT2D eigenvalue weighted by Crippen LogP contribution is 2.37. The first-order valence-electron chi connectivity index (χ1n) is 7.47. The summed E-state index contributed by atoms with van der Waals surface area (Å²) in [6.45, 7) is 5.74. The highest BCUT2D eigenvalue weighted by molar-refractivity contribution is 7.86. The van der Waals surface area contributed by atoms with Gasteiger partial charge in [0, 0.05) is 18.5 Å². The molecule has 0 aromatic heterocycles. The molecule has 1 aliphatic heterocycles. The van der Waals surface area contributed by atoms with Gasteiger partial charge in [0.05, 0.1) is 5.75 Å². The fourth-order valence-corrected chi connectivity index (χ4v) is 3.98. The number of nitrogens with zero attached hydrogens (tertiary/aromatic N) is 1. The molecule has 23 heavy (non-hydrogen) atoms. The van der Waals surface area contributed by atoms with Crippen molar-refractivity contribution in [2.45, 2.75) is 38.2 Å². The van der Waals surface area contributed by atoms with E-state index in [1.165, 1.54) is 4.90 Å². The van der Waals surface area contributed by atoms with Crippen LogP contribution in [0.5, 0.6) is 0 Å². The van der Waals surface area contributed by atoms with Gasteiger partial charge >= 0.3 is 16.3 Å². The summed E-state index contributed by atoms with van der Waals surface area (Å²) < 4.78 is 41.3. The summed E-state index contributed by atoms with van der Waals surface area (Å²) in [4.78, 5) is 13.7. The van der Waals surface area contributed by atoms with Gasteiger partial charge in [-0.15, -0.1) is 3.89 Å². The van der Waals surface area contributed by atoms with Crippen LogP contribution in [0.25, 0.3) is 0 Å². The van der Waals surface area contributed by atoms with E-state index in [9.17, 15) is 17.1 Å². The highest BCUT2D eigenvalue weighted by Gasteiger charge is 2.45. The third-order valence-electron chi connectivity index (χ3n) is 3.84. The van der Waals surface area contributed by atoms with E-state index in [2.05, 4.69) is 0 Å². The number of halogens is 1.